The molecule has 0 saturated carbocycles. The lowest BCUT2D eigenvalue weighted by molar-refractivity contribution is 0.0698. The van der Waals surface area contributed by atoms with Gasteiger partial charge in [0.05, 0.1) is 10.7 Å². The van der Waals surface area contributed by atoms with Crippen molar-refractivity contribution in [3.05, 3.63) is 59.1 Å². The Morgan fingerprint density at radius 2 is 1.78 bits per heavy atom. The Bertz CT molecular complexity index is 569. The first kappa shape index (κ1) is 12.5. The van der Waals surface area contributed by atoms with Gasteiger partial charge in [0.2, 0.25) is 0 Å². The number of carboxylic acid groups (broad SMARTS) is 1. The first-order valence-electron chi connectivity index (χ1n) is 5.42. The minimum atomic E-state index is -1.03. The molecule has 0 bridgehead atoms. The zero-order chi connectivity index (χ0) is 13.1. The van der Waals surface area contributed by atoms with E-state index in [1.165, 1.54) is 0 Å². The van der Waals surface area contributed by atoms with Crippen LogP contribution in [0.25, 0.3) is 0 Å². The maximum atomic E-state index is 11.3. The van der Waals surface area contributed by atoms with E-state index in [1.54, 1.807) is 23.1 Å². The quantitative estimate of drug-likeness (QED) is 0.913. The number of rotatable bonds is 3. The molecule has 0 spiro atoms. The average molecular weight is 262 g/mol. The van der Waals surface area contributed by atoms with Gasteiger partial charge in [-0.2, -0.15) is 0 Å². The van der Waals surface area contributed by atoms with E-state index in [0.29, 0.717) is 5.69 Å². The largest absolute Gasteiger partial charge is 0.478 e. The molecule has 0 amide bonds. The summed E-state index contributed by atoms with van der Waals surface area (Å²) in [6.07, 6.45) is 0. The smallest absolute Gasteiger partial charge is 0.339 e. The molecule has 0 unspecified atom stereocenters. The second-order valence-electron chi connectivity index (χ2n) is 3.83. The Morgan fingerprint density at radius 1 is 1.11 bits per heavy atom. The molecule has 0 radical (unpaired) electrons. The number of halogens is 1. The number of benzene rings is 2. The number of aromatic carboxylic acids is 1. The van der Waals surface area contributed by atoms with Gasteiger partial charge in [0.15, 0.2) is 0 Å². The van der Waals surface area contributed by atoms with Gasteiger partial charge in [-0.05, 0) is 24.3 Å². The maximum Gasteiger partial charge on any atom is 0.339 e. The van der Waals surface area contributed by atoms with Crippen LogP contribution in [-0.4, -0.2) is 18.1 Å². The lowest BCUT2D eigenvalue weighted by atomic mass is 10.1. The van der Waals surface area contributed by atoms with Crippen LogP contribution in [0.5, 0.6) is 0 Å². The van der Waals surface area contributed by atoms with Crippen molar-refractivity contribution in [3.63, 3.8) is 0 Å². The highest BCUT2D eigenvalue weighted by Crippen LogP contribution is 2.31. The third kappa shape index (κ3) is 2.31. The average Bonchev–Trinajstić information content (AvgIpc) is 2.38. The monoisotopic (exact) mass is 261 g/mol. The van der Waals surface area contributed by atoms with Gasteiger partial charge >= 0.3 is 5.97 Å². The molecule has 2 aromatic carbocycles. The number of hydrogen-bond acceptors (Lipinski definition) is 2. The van der Waals surface area contributed by atoms with Crippen molar-refractivity contribution >= 4 is 28.9 Å². The van der Waals surface area contributed by atoms with E-state index in [4.69, 9.17) is 11.6 Å². The number of carboxylic acids is 1. The molecule has 4 heteroatoms. The number of anilines is 2. The van der Waals surface area contributed by atoms with Crippen LogP contribution in [0.3, 0.4) is 0 Å². The molecular weight excluding hydrogens is 250 g/mol. The zero-order valence-electron chi connectivity index (χ0n) is 9.80. The Morgan fingerprint density at radius 3 is 2.39 bits per heavy atom. The van der Waals surface area contributed by atoms with E-state index in [-0.39, 0.29) is 10.6 Å². The summed E-state index contributed by atoms with van der Waals surface area (Å²) in [5.74, 6) is -1.03. The molecule has 0 aromatic heterocycles. The predicted molar refractivity (Wildman–Crippen MR) is 72.9 cm³/mol. The molecule has 0 saturated heterocycles. The van der Waals surface area contributed by atoms with Crippen molar-refractivity contribution in [2.24, 2.45) is 0 Å². The van der Waals surface area contributed by atoms with Crippen molar-refractivity contribution < 1.29 is 9.90 Å². The summed E-state index contributed by atoms with van der Waals surface area (Å²) in [4.78, 5) is 13.1. The lowest BCUT2D eigenvalue weighted by Gasteiger charge is -2.21. The fourth-order valence-corrected chi connectivity index (χ4v) is 2.05. The zero-order valence-corrected chi connectivity index (χ0v) is 10.6. The van der Waals surface area contributed by atoms with Crippen molar-refractivity contribution in [1.29, 1.82) is 0 Å². The van der Waals surface area contributed by atoms with Gasteiger partial charge in [0.25, 0.3) is 0 Å². The highest BCUT2D eigenvalue weighted by molar-refractivity contribution is 6.34. The van der Waals surface area contributed by atoms with E-state index < -0.39 is 5.97 Å². The van der Waals surface area contributed by atoms with Crippen molar-refractivity contribution in [2.75, 3.05) is 11.9 Å². The SMILES string of the molecule is CN(c1ccccc1)c1cccc(Cl)c1C(=O)O. The Hall–Kier alpha value is -2.00. The molecule has 2 aromatic rings. The van der Waals surface area contributed by atoms with Gasteiger partial charge in [-0.25, -0.2) is 4.79 Å². The summed E-state index contributed by atoms with van der Waals surface area (Å²) >= 11 is 5.95. The highest BCUT2D eigenvalue weighted by Gasteiger charge is 2.17. The van der Waals surface area contributed by atoms with E-state index in [0.717, 1.165) is 5.69 Å². The molecule has 18 heavy (non-hydrogen) atoms. The minimum Gasteiger partial charge on any atom is -0.478 e. The summed E-state index contributed by atoms with van der Waals surface area (Å²) in [5.41, 5.74) is 1.59. The maximum absolute atomic E-state index is 11.3. The van der Waals surface area contributed by atoms with Gasteiger partial charge in [-0.1, -0.05) is 35.9 Å². The van der Waals surface area contributed by atoms with E-state index >= 15 is 0 Å². The molecule has 92 valence electrons. The lowest BCUT2D eigenvalue weighted by Crippen LogP contribution is -2.14. The minimum absolute atomic E-state index is 0.116. The molecular formula is C14H12ClNO2. The first-order valence-corrected chi connectivity index (χ1v) is 5.79. The van der Waals surface area contributed by atoms with Crippen LogP contribution in [0, 0.1) is 0 Å². The number of nitrogens with zero attached hydrogens (tertiary/aromatic N) is 1. The van der Waals surface area contributed by atoms with E-state index in [2.05, 4.69) is 0 Å². The molecule has 0 heterocycles. The molecule has 1 N–H and O–H groups in total. The summed E-state index contributed by atoms with van der Waals surface area (Å²) in [7, 11) is 1.81. The third-order valence-electron chi connectivity index (χ3n) is 2.71. The summed E-state index contributed by atoms with van der Waals surface area (Å²) in [6.45, 7) is 0. The van der Waals surface area contributed by atoms with Crippen LogP contribution in [0.15, 0.2) is 48.5 Å². The fraction of sp³-hybridized carbons (Fsp3) is 0.0714. The van der Waals surface area contributed by atoms with Crippen LogP contribution in [-0.2, 0) is 0 Å². The standard InChI is InChI=1S/C14H12ClNO2/c1-16(10-6-3-2-4-7-10)12-9-5-8-11(15)13(12)14(17)18/h2-9H,1H3,(H,17,18). The molecule has 0 atom stereocenters. The van der Waals surface area contributed by atoms with Crippen LogP contribution >= 0.6 is 11.6 Å². The molecule has 0 aliphatic heterocycles. The molecule has 2 rings (SSSR count). The van der Waals surface area contributed by atoms with Crippen molar-refractivity contribution in [2.45, 2.75) is 0 Å². The fourth-order valence-electron chi connectivity index (χ4n) is 1.79. The second kappa shape index (κ2) is 5.10. The topological polar surface area (TPSA) is 40.5 Å². The first-order chi connectivity index (χ1) is 8.61. The molecule has 0 aliphatic rings. The van der Waals surface area contributed by atoms with Gasteiger partial charge in [0, 0.05) is 12.7 Å². The molecule has 0 aliphatic carbocycles. The summed E-state index contributed by atoms with van der Waals surface area (Å²) in [6, 6.07) is 14.6. The molecule has 3 nitrogen and oxygen atoms in total. The Labute approximate surface area is 110 Å². The normalized spacial score (nSPS) is 10.1. The van der Waals surface area contributed by atoms with Crippen LogP contribution in [0.2, 0.25) is 5.02 Å². The predicted octanol–water partition coefficient (Wildman–Crippen LogP) is 3.81. The summed E-state index contributed by atoms with van der Waals surface area (Å²) < 4.78 is 0. The van der Waals surface area contributed by atoms with Gasteiger partial charge in [-0.3, -0.25) is 0 Å². The summed E-state index contributed by atoms with van der Waals surface area (Å²) in [5, 5.41) is 9.47. The van der Waals surface area contributed by atoms with Gasteiger partial charge < -0.3 is 10.0 Å². The van der Waals surface area contributed by atoms with Crippen molar-refractivity contribution in [1.82, 2.24) is 0 Å². The number of carbonyl (C=O) groups is 1. The van der Waals surface area contributed by atoms with Crippen LogP contribution in [0.4, 0.5) is 11.4 Å². The van der Waals surface area contributed by atoms with Gasteiger partial charge in [-0.15, -0.1) is 0 Å². The number of hydrogen-bond donors (Lipinski definition) is 1. The highest BCUT2D eigenvalue weighted by atomic mass is 35.5. The number of para-hydroxylation sites is 1. The van der Waals surface area contributed by atoms with Gasteiger partial charge in [0.1, 0.15) is 5.56 Å². The van der Waals surface area contributed by atoms with Crippen LogP contribution < -0.4 is 4.90 Å². The Kier molecular flexibility index (Phi) is 3.53. The second-order valence-corrected chi connectivity index (χ2v) is 4.24. The van der Waals surface area contributed by atoms with E-state index in [1.807, 2.05) is 37.4 Å². The molecule has 0 fully saturated rings. The van der Waals surface area contributed by atoms with E-state index in [9.17, 15) is 9.90 Å². The van der Waals surface area contributed by atoms with Crippen LogP contribution in [0.1, 0.15) is 10.4 Å². The Balaban J connectivity index is 2.52. The third-order valence-corrected chi connectivity index (χ3v) is 3.03. The van der Waals surface area contributed by atoms with Crippen molar-refractivity contribution in [3.8, 4) is 0 Å².